The molecule has 17 heavy (non-hydrogen) atoms. The van der Waals surface area contributed by atoms with Crippen LogP contribution in [0.5, 0.6) is 0 Å². The fraction of sp³-hybridized carbons (Fsp3) is 0.429. The van der Waals surface area contributed by atoms with Gasteiger partial charge >= 0.3 is 0 Å². The van der Waals surface area contributed by atoms with Crippen LogP contribution in [0.15, 0.2) is 24.3 Å². The van der Waals surface area contributed by atoms with Crippen LogP contribution in [0, 0.1) is 17.0 Å². The number of allylic oxidation sites excluding steroid dienone is 1. The Morgan fingerprint density at radius 3 is 2.29 bits per heavy atom. The maximum absolute atomic E-state index is 13.2. The van der Waals surface area contributed by atoms with E-state index in [1.165, 1.54) is 12.1 Å². The third-order valence-corrected chi connectivity index (χ3v) is 3.11. The first-order valence-electron chi connectivity index (χ1n) is 5.78. The van der Waals surface area contributed by atoms with E-state index in [1.54, 1.807) is 0 Å². The van der Waals surface area contributed by atoms with Gasteiger partial charge in [-0.15, -0.1) is 0 Å². The first-order valence-corrected chi connectivity index (χ1v) is 5.78. The molecule has 0 aromatic heterocycles. The van der Waals surface area contributed by atoms with Gasteiger partial charge in [0.25, 0.3) is 0 Å². The Labute approximate surface area is 100 Å². The molecule has 0 amide bonds. The van der Waals surface area contributed by atoms with Gasteiger partial charge in [-0.1, -0.05) is 19.9 Å². The predicted octanol–water partition coefficient (Wildman–Crippen LogP) is 3.50. The highest BCUT2D eigenvalue weighted by Gasteiger charge is 2.27. The van der Waals surface area contributed by atoms with E-state index in [-0.39, 0.29) is 11.5 Å². The summed E-state index contributed by atoms with van der Waals surface area (Å²) in [5.74, 6) is -1.09. The molecule has 3 heteroatoms. The molecule has 0 saturated carbocycles. The van der Waals surface area contributed by atoms with Gasteiger partial charge < -0.3 is 5.73 Å². The number of benzene rings is 1. The quantitative estimate of drug-likeness (QED) is 0.795. The van der Waals surface area contributed by atoms with Gasteiger partial charge in [0.15, 0.2) is 0 Å². The van der Waals surface area contributed by atoms with E-state index < -0.39 is 11.6 Å². The standard InChI is InChI=1S/C14H17F2N/c1-14(2)7-10(5-13(17)8-14)9-3-11(15)6-12(16)4-9/h3-6,13H,7-8,17H2,1-2H3. The Morgan fingerprint density at radius 1 is 1.18 bits per heavy atom. The van der Waals surface area contributed by atoms with Crippen molar-refractivity contribution in [3.05, 3.63) is 41.5 Å². The van der Waals surface area contributed by atoms with Crippen LogP contribution in [-0.2, 0) is 0 Å². The predicted molar refractivity (Wildman–Crippen MR) is 65.3 cm³/mol. The maximum atomic E-state index is 13.2. The van der Waals surface area contributed by atoms with E-state index in [9.17, 15) is 8.78 Å². The molecule has 92 valence electrons. The average molecular weight is 237 g/mol. The van der Waals surface area contributed by atoms with Crippen molar-refractivity contribution in [3.8, 4) is 0 Å². The van der Waals surface area contributed by atoms with Crippen LogP contribution in [0.2, 0.25) is 0 Å². The average Bonchev–Trinajstić information content (AvgIpc) is 2.12. The Hall–Kier alpha value is -1.22. The molecule has 1 aliphatic rings. The highest BCUT2D eigenvalue weighted by molar-refractivity contribution is 5.67. The summed E-state index contributed by atoms with van der Waals surface area (Å²) < 4.78 is 26.3. The normalized spacial score (nSPS) is 23.4. The van der Waals surface area contributed by atoms with E-state index >= 15 is 0 Å². The largest absolute Gasteiger partial charge is 0.324 e. The van der Waals surface area contributed by atoms with Gasteiger partial charge in [0.2, 0.25) is 0 Å². The summed E-state index contributed by atoms with van der Waals surface area (Å²) in [7, 11) is 0. The van der Waals surface area contributed by atoms with Crippen LogP contribution in [0.3, 0.4) is 0 Å². The van der Waals surface area contributed by atoms with Crippen molar-refractivity contribution in [1.29, 1.82) is 0 Å². The summed E-state index contributed by atoms with van der Waals surface area (Å²) >= 11 is 0. The lowest BCUT2D eigenvalue weighted by Crippen LogP contribution is -2.30. The molecule has 1 unspecified atom stereocenters. The van der Waals surface area contributed by atoms with Crippen LogP contribution >= 0.6 is 0 Å². The van der Waals surface area contributed by atoms with Crippen LogP contribution in [0.1, 0.15) is 32.3 Å². The summed E-state index contributed by atoms with van der Waals surface area (Å²) in [5.41, 5.74) is 7.57. The van der Waals surface area contributed by atoms with Gasteiger partial charge in [0.1, 0.15) is 11.6 Å². The van der Waals surface area contributed by atoms with Gasteiger partial charge in [0, 0.05) is 12.1 Å². The molecular weight excluding hydrogens is 220 g/mol. The third kappa shape index (κ3) is 2.91. The minimum atomic E-state index is -0.544. The Bertz CT molecular complexity index is 443. The molecule has 0 spiro atoms. The zero-order chi connectivity index (χ0) is 12.6. The summed E-state index contributed by atoms with van der Waals surface area (Å²) in [4.78, 5) is 0. The summed E-state index contributed by atoms with van der Waals surface area (Å²) in [5, 5.41) is 0. The highest BCUT2D eigenvalue weighted by Crippen LogP contribution is 2.39. The van der Waals surface area contributed by atoms with Crippen molar-refractivity contribution in [2.24, 2.45) is 11.1 Å². The molecular formula is C14H17F2N. The molecule has 1 nitrogen and oxygen atoms in total. The van der Waals surface area contributed by atoms with Crippen LogP contribution in [0.4, 0.5) is 8.78 Å². The van der Waals surface area contributed by atoms with Crippen molar-refractivity contribution in [3.63, 3.8) is 0 Å². The smallest absolute Gasteiger partial charge is 0.126 e. The second-order valence-electron chi connectivity index (χ2n) is 5.56. The SMILES string of the molecule is CC1(C)CC(c2cc(F)cc(F)c2)=CC(N)C1. The van der Waals surface area contributed by atoms with Crippen LogP contribution in [0.25, 0.3) is 5.57 Å². The Morgan fingerprint density at radius 2 is 1.76 bits per heavy atom. The van der Waals surface area contributed by atoms with Gasteiger partial charge in [-0.2, -0.15) is 0 Å². The highest BCUT2D eigenvalue weighted by atomic mass is 19.1. The van der Waals surface area contributed by atoms with E-state index in [0.717, 1.165) is 24.5 Å². The van der Waals surface area contributed by atoms with E-state index in [4.69, 9.17) is 5.73 Å². The molecule has 1 atom stereocenters. The van der Waals surface area contributed by atoms with E-state index in [0.29, 0.717) is 5.56 Å². The molecule has 2 rings (SSSR count). The summed E-state index contributed by atoms with van der Waals surface area (Å²) in [6, 6.07) is 3.57. The molecule has 0 saturated heterocycles. The minimum absolute atomic E-state index is 0.0416. The van der Waals surface area contributed by atoms with Crippen molar-refractivity contribution in [1.82, 2.24) is 0 Å². The molecule has 2 N–H and O–H groups in total. The van der Waals surface area contributed by atoms with Gasteiger partial charge in [0.05, 0.1) is 0 Å². The zero-order valence-corrected chi connectivity index (χ0v) is 10.1. The maximum Gasteiger partial charge on any atom is 0.126 e. The number of halogens is 2. The fourth-order valence-corrected chi connectivity index (χ4v) is 2.54. The summed E-state index contributed by atoms with van der Waals surface area (Å²) in [6.07, 6.45) is 3.61. The molecule has 0 fully saturated rings. The van der Waals surface area contributed by atoms with Gasteiger partial charge in [-0.05, 0) is 41.5 Å². The van der Waals surface area contributed by atoms with Crippen LogP contribution in [-0.4, -0.2) is 6.04 Å². The molecule has 0 bridgehead atoms. The van der Waals surface area contributed by atoms with E-state index in [2.05, 4.69) is 13.8 Å². The molecule has 1 aromatic rings. The lowest BCUT2D eigenvalue weighted by Gasteiger charge is -2.33. The van der Waals surface area contributed by atoms with Crippen molar-refractivity contribution in [2.75, 3.05) is 0 Å². The van der Waals surface area contributed by atoms with E-state index in [1.807, 2.05) is 6.08 Å². The molecule has 0 aliphatic heterocycles. The lowest BCUT2D eigenvalue weighted by atomic mass is 9.74. The second kappa shape index (κ2) is 4.22. The van der Waals surface area contributed by atoms with Crippen molar-refractivity contribution in [2.45, 2.75) is 32.7 Å². The molecule has 1 aliphatic carbocycles. The zero-order valence-electron chi connectivity index (χ0n) is 10.1. The fourth-order valence-electron chi connectivity index (χ4n) is 2.54. The number of rotatable bonds is 1. The number of hydrogen-bond donors (Lipinski definition) is 1. The monoisotopic (exact) mass is 237 g/mol. The van der Waals surface area contributed by atoms with Crippen molar-refractivity contribution >= 4 is 5.57 Å². The Kier molecular flexibility index (Phi) is 3.04. The Balaban J connectivity index is 2.39. The molecule has 0 heterocycles. The lowest BCUT2D eigenvalue weighted by molar-refractivity contribution is 0.318. The van der Waals surface area contributed by atoms with Gasteiger partial charge in [-0.25, -0.2) is 8.78 Å². The second-order valence-corrected chi connectivity index (χ2v) is 5.56. The van der Waals surface area contributed by atoms with Gasteiger partial charge in [-0.3, -0.25) is 0 Å². The minimum Gasteiger partial charge on any atom is -0.324 e. The summed E-state index contributed by atoms with van der Waals surface area (Å²) in [6.45, 7) is 4.24. The number of nitrogens with two attached hydrogens (primary N) is 1. The topological polar surface area (TPSA) is 26.0 Å². The van der Waals surface area contributed by atoms with Crippen molar-refractivity contribution < 1.29 is 8.78 Å². The molecule has 1 aromatic carbocycles. The first-order chi connectivity index (χ1) is 7.85. The number of hydrogen-bond acceptors (Lipinski definition) is 1. The first kappa shape index (κ1) is 12.2. The molecule has 0 radical (unpaired) electrons. The van der Waals surface area contributed by atoms with Crippen LogP contribution < -0.4 is 5.73 Å². The third-order valence-electron chi connectivity index (χ3n) is 3.11.